The summed E-state index contributed by atoms with van der Waals surface area (Å²) in [6.07, 6.45) is 0.855. The van der Waals surface area contributed by atoms with E-state index in [0.29, 0.717) is 29.6 Å². The van der Waals surface area contributed by atoms with E-state index in [9.17, 15) is 9.59 Å². The first kappa shape index (κ1) is 20.2. The van der Waals surface area contributed by atoms with Gasteiger partial charge in [0.05, 0.1) is 0 Å². The molecule has 2 amide bonds. The summed E-state index contributed by atoms with van der Waals surface area (Å²) < 4.78 is 10.8. The third-order valence-corrected chi connectivity index (χ3v) is 4.68. The number of rotatable bonds is 3. The number of likely N-dealkylation sites (N-methyl/N-ethyl adjacent to an activating group) is 1. The lowest BCUT2D eigenvalue weighted by molar-refractivity contribution is -0.122. The Labute approximate surface area is 169 Å². The van der Waals surface area contributed by atoms with E-state index in [2.05, 4.69) is 5.16 Å². The van der Waals surface area contributed by atoms with Crippen LogP contribution in [-0.2, 0) is 9.53 Å². The molecule has 1 unspecified atom stereocenters. The number of ether oxygens (including phenoxy) is 1. The lowest BCUT2D eigenvalue weighted by atomic mass is 10.1. The third-order valence-electron chi connectivity index (χ3n) is 4.45. The average molecular weight is 406 g/mol. The molecule has 0 saturated carbocycles. The number of anilines is 1. The maximum absolute atomic E-state index is 13.0. The molecular weight excluding hydrogens is 382 g/mol. The number of aromatic nitrogens is 1. The monoisotopic (exact) mass is 405 g/mol. The molecule has 1 fully saturated rings. The van der Waals surface area contributed by atoms with Crippen LogP contribution in [0.2, 0.25) is 5.02 Å². The van der Waals surface area contributed by atoms with E-state index in [1.165, 1.54) is 9.80 Å². The van der Waals surface area contributed by atoms with Crippen LogP contribution in [0.1, 0.15) is 33.6 Å². The first-order chi connectivity index (χ1) is 13.2. The Bertz CT molecular complexity index is 874. The van der Waals surface area contributed by atoms with E-state index < -0.39 is 17.7 Å². The largest absolute Gasteiger partial charge is 0.444 e. The minimum Gasteiger partial charge on any atom is -0.444 e. The van der Waals surface area contributed by atoms with E-state index >= 15 is 0 Å². The van der Waals surface area contributed by atoms with Crippen LogP contribution in [0.15, 0.2) is 34.9 Å². The van der Waals surface area contributed by atoms with Gasteiger partial charge in [0.2, 0.25) is 0 Å². The van der Waals surface area contributed by atoms with Crippen LogP contribution < -0.4 is 4.90 Å². The van der Waals surface area contributed by atoms with Gasteiger partial charge in [0, 0.05) is 30.2 Å². The van der Waals surface area contributed by atoms with Crippen LogP contribution >= 0.6 is 11.6 Å². The molecule has 0 spiro atoms. The Morgan fingerprint density at radius 3 is 2.75 bits per heavy atom. The van der Waals surface area contributed by atoms with Crippen LogP contribution in [0.3, 0.4) is 0 Å². The topological polar surface area (TPSA) is 75.9 Å². The average Bonchev–Trinajstić information content (AvgIpc) is 3.28. The zero-order valence-corrected chi connectivity index (χ0v) is 17.2. The highest BCUT2D eigenvalue weighted by Crippen LogP contribution is 2.28. The molecule has 1 aromatic carbocycles. The Morgan fingerprint density at radius 1 is 1.32 bits per heavy atom. The second-order valence-corrected chi connectivity index (χ2v) is 8.23. The Kier molecular flexibility index (Phi) is 5.65. The van der Waals surface area contributed by atoms with Gasteiger partial charge in [-0.1, -0.05) is 28.9 Å². The Morgan fingerprint density at radius 2 is 2.07 bits per heavy atom. The van der Waals surface area contributed by atoms with Gasteiger partial charge in [-0.25, -0.2) is 4.79 Å². The smallest absolute Gasteiger partial charge is 0.410 e. The summed E-state index contributed by atoms with van der Waals surface area (Å²) in [4.78, 5) is 28.3. The van der Waals surface area contributed by atoms with Crippen LogP contribution in [0, 0.1) is 0 Å². The number of benzene rings is 1. The summed E-state index contributed by atoms with van der Waals surface area (Å²) >= 11 is 6.02. The van der Waals surface area contributed by atoms with E-state index in [-0.39, 0.29) is 5.91 Å². The number of carbonyl (C=O) groups excluding carboxylic acids is 2. The fourth-order valence-electron chi connectivity index (χ4n) is 3.10. The number of carbonyl (C=O) groups is 2. The SMILES string of the molecule is CN(C(=O)C1CCCN1C(=O)OC(C)(C)C)c1cc(-c2cccc(Cl)c2)on1. The van der Waals surface area contributed by atoms with Crippen molar-refractivity contribution in [3.8, 4) is 11.3 Å². The zero-order valence-electron chi connectivity index (χ0n) is 16.4. The van der Waals surface area contributed by atoms with Crippen molar-refractivity contribution in [1.82, 2.24) is 10.1 Å². The van der Waals surface area contributed by atoms with Gasteiger partial charge in [-0.2, -0.15) is 0 Å². The molecule has 7 nitrogen and oxygen atoms in total. The van der Waals surface area contributed by atoms with E-state index in [1.54, 1.807) is 46.0 Å². The fraction of sp³-hybridized carbons (Fsp3) is 0.450. The van der Waals surface area contributed by atoms with Crippen molar-refractivity contribution in [2.45, 2.75) is 45.3 Å². The quantitative estimate of drug-likeness (QED) is 0.758. The van der Waals surface area contributed by atoms with Crippen molar-refractivity contribution in [3.05, 3.63) is 35.4 Å². The third kappa shape index (κ3) is 4.47. The summed E-state index contributed by atoms with van der Waals surface area (Å²) in [6.45, 7) is 5.90. The highest BCUT2D eigenvalue weighted by Gasteiger charge is 2.38. The molecule has 1 saturated heterocycles. The molecule has 8 heteroatoms. The van der Waals surface area contributed by atoms with Crippen LogP contribution in [0.4, 0.5) is 10.6 Å². The summed E-state index contributed by atoms with van der Waals surface area (Å²) in [5.74, 6) is 0.651. The van der Waals surface area contributed by atoms with Gasteiger partial charge in [-0.3, -0.25) is 14.6 Å². The van der Waals surface area contributed by atoms with Gasteiger partial charge >= 0.3 is 6.09 Å². The van der Waals surface area contributed by atoms with E-state index in [0.717, 1.165) is 12.0 Å². The van der Waals surface area contributed by atoms with E-state index in [1.807, 2.05) is 12.1 Å². The molecular formula is C20H24ClN3O4. The number of hydrogen-bond donors (Lipinski definition) is 0. The first-order valence-corrected chi connectivity index (χ1v) is 9.53. The summed E-state index contributed by atoms with van der Waals surface area (Å²) in [6, 6.07) is 8.28. The maximum atomic E-state index is 13.0. The fourth-order valence-corrected chi connectivity index (χ4v) is 3.29. The molecule has 0 N–H and O–H groups in total. The lowest BCUT2D eigenvalue weighted by Crippen LogP contribution is -2.48. The molecule has 0 bridgehead atoms. The van der Waals surface area contributed by atoms with Crippen LogP contribution in [-0.4, -0.2) is 47.3 Å². The molecule has 1 atom stereocenters. The number of hydrogen-bond acceptors (Lipinski definition) is 5. The highest BCUT2D eigenvalue weighted by atomic mass is 35.5. The van der Waals surface area contributed by atoms with Gasteiger partial charge in [-0.05, 0) is 45.7 Å². The van der Waals surface area contributed by atoms with Crippen molar-refractivity contribution in [1.29, 1.82) is 0 Å². The molecule has 150 valence electrons. The minimum absolute atomic E-state index is 0.227. The number of amides is 2. The predicted octanol–water partition coefficient (Wildman–Crippen LogP) is 4.36. The Hall–Kier alpha value is -2.54. The minimum atomic E-state index is -0.614. The lowest BCUT2D eigenvalue weighted by Gasteiger charge is -2.29. The van der Waals surface area contributed by atoms with Crippen molar-refractivity contribution in [2.75, 3.05) is 18.5 Å². The van der Waals surface area contributed by atoms with Gasteiger partial charge in [-0.15, -0.1) is 0 Å². The second-order valence-electron chi connectivity index (χ2n) is 7.79. The van der Waals surface area contributed by atoms with Gasteiger partial charge in [0.1, 0.15) is 11.6 Å². The maximum Gasteiger partial charge on any atom is 0.410 e. The van der Waals surface area contributed by atoms with Gasteiger partial charge in [0.25, 0.3) is 5.91 Å². The number of likely N-dealkylation sites (tertiary alicyclic amines) is 1. The molecule has 1 aromatic heterocycles. The summed E-state index contributed by atoms with van der Waals surface area (Å²) in [5, 5.41) is 4.58. The van der Waals surface area contributed by atoms with Crippen LogP contribution in [0.25, 0.3) is 11.3 Å². The summed E-state index contributed by atoms with van der Waals surface area (Å²) in [5.41, 5.74) is 0.153. The second kappa shape index (κ2) is 7.83. The van der Waals surface area contributed by atoms with Crippen molar-refractivity contribution in [3.63, 3.8) is 0 Å². The highest BCUT2D eigenvalue weighted by molar-refractivity contribution is 6.30. The molecule has 0 aliphatic carbocycles. The molecule has 1 aliphatic rings. The molecule has 2 heterocycles. The van der Waals surface area contributed by atoms with Gasteiger partial charge < -0.3 is 9.26 Å². The summed E-state index contributed by atoms with van der Waals surface area (Å²) in [7, 11) is 1.62. The van der Waals surface area contributed by atoms with Gasteiger partial charge in [0.15, 0.2) is 11.6 Å². The predicted molar refractivity (Wildman–Crippen MR) is 106 cm³/mol. The number of halogens is 1. The molecule has 0 radical (unpaired) electrons. The first-order valence-electron chi connectivity index (χ1n) is 9.15. The molecule has 28 heavy (non-hydrogen) atoms. The number of nitrogens with zero attached hydrogens (tertiary/aromatic N) is 3. The zero-order chi connectivity index (χ0) is 20.5. The van der Waals surface area contributed by atoms with Crippen molar-refractivity contribution >= 4 is 29.4 Å². The molecule has 3 rings (SSSR count). The van der Waals surface area contributed by atoms with Crippen molar-refractivity contribution in [2.24, 2.45) is 0 Å². The molecule has 1 aliphatic heterocycles. The van der Waals surface area contributed by atoms with E-state index in [4.69, 9.17) is 20.9 Å². The van der Waals surface area contributed by atoms with Crippen LogP contribution in [0.5, 0.6) is 0 Å². The normalized spacial score (nSPS) is 16.9. The molecule has 2 aromatic rings. The van der Waals surface area contributed by atoms with Crippen molar-refractivity contribution < 1.29 is 18.8 Å². The Balaban J connectivity index is 1.74. The standard InChI is InChI=1S/C20H24ClN3O4/c1-20(2,3)27-19(26)24-10-6-9-15(24)18(25)23(4)17-12-16(28-22-17)13-7-5-8-14(21)11-13/h5,7-8,11-12,15H,6,9-10H2,1-4H3.